The molecule has 2 aromatic carbocycles. The zero-order valence-electron chi connectivity index (χ0n) is 10.9. The zero-order chi connectivity index (χ0) is 13.0. The fourth-order valence-electron chi connectivity index (χ4n) is 2.12. The van der Waals surface area contributed by atoms with Crippen LogP contribution < -0.4 is 10.5 Å². The van der Waals surface area contributed by atoms with Gasteiger partial charge in [0.15, 0.2) is 0 Å². The van der Waals surface area contributed by atoms with Gasteiger partial charge in [0.25, 0.3) is 0 Å². The first kappa shape index (κ1) is 12.7. The van der Waals surface area contributed by atoms with Crippen molar-refractivity contribution in [2.45, 2.75) is 13.3 Å². The Balaban J connectivity index is 2.50. The highest BCUT2D eigenvalue weighted by atomic mass is 16.5. The maximum atomic E-state index is 5.68. The van der Waals surface area contributed by atoms with Crippen LogP contribution in [0.5, 0.6) is 5.75 Å². The van der Waals surface area contributed by atoms with Gasteiger partial charge in [-0.05, 0) is 48.7 Å². The molecule has 0 heterocycles. The standard InChI is InChI=1S/C16H19NO/c1-12-6-7-13(8-9-17)16(10-12)14-4-3-5-15(11-14)18-2/h3-7,10-11H,8-9,17H2,1-2H3. The molecule has 0 saturated carbocycles. The van der Waals surface area contributed by atoms with E-state index in [1.165, 1.54) is 22.3 Å². The second-order valence-corrected chi connectivity index (χ2v) is 4.43. The molecule has 0 bridgehead atoms. The SMILES string of the molecule is COc1cccc(-c2cc(C)ccc2CCN)c1. The maximum Gasteiger partial charge on any atom is 0.119 e. The van der Waals surface area contributed by atoms with Crippen LogP contribution in [0.2, 0.25) is 0 Å². The van der Waals surface area contributed by atoms with Crippen molar-refractivity contribution in [1.82, 2.24) is 0 Å². The Labute approximate surface area is 108 Å². The van der Waals surface area contributed by atoms with Crippen LogP contribution >= 0.6 is 0 Å². The molecule has 0 aliphatic rings. The summed E-state index contributed by atoms with van der Waals surface area (Å²) < 4.78 is 5.28. The summed E-state index contributed by atoms with van der Waals surface area (Å²) >= 11 is 0. The monoisotopic (exact) mass is 241 g/mol. The van der Waals surface area contributed by atoms with Gasteiger partial charge in [-0.25, -0.2) is 0 Å². The average Bonchev–Trinajstić information content (AvgIpc) is 2.41. The third-order valence-electron chi connectivity index (χ3n) is 3.06. The van der Waals surface area contributed by atoms with Crippen molar-refractivity contribution in [1.29, 1.82) is 0 Å². The zero-order valence-corrected chi connectivity index (χ0v) is 10.9. The highest BCUT2D eigenvalue weighted by molar-refractivity contribution is 5.69. The summed E-state index contributed by atoms with van der Waals surface area (Å²) in [6.45, 7) is 2.77. The quantitative estimate of drug-likeness (QED) is 0.892. The van der Waals surface area contributed by atoms with E-state index in [2.05, 4.69) is 37.3 Å². The number of methoxy groups -OCH3 is 1. The minimum Gasteiger partial charge on any atom is -0.497 e. The number of aryl methyl sites for hydroxylation is 1. The Morgan fingerprint density at radius 3 is 2.67 bits per heavy atom. The van der Waals surface area contributed by atoms with Crippen molar-refractivity contribution in [3.63, 3.8) is 0 Å². The van der Waals surface area contributed by atoms with E-state index in [4.69, 9.17) is 10.5 Å². The molecular formula is C16H19NO. The molecule has 0 radical (unpaired) electrons. The average molecular weight is 241 g/mol. The minimum atomic E-state index is 0.667. The van der Waals surface area contributed by atoms with Crippen LogP contribution in [0, 0.1) is 6.92 Å². The van der Waals surface area contributed by atoms with Crippen LogP contribution in [-0.2, 0) is 6.42 Å². The van der Waals surface area contributed by atoms with Crippen molar-refractivity contribution in [2.24, 2.45) is 5.73 Å². The fraction of sp³-hybridized carbons (Fsp3) is 0.250. The summed E-state index contributed by atoms with van der Waals surface area (Å²) in [6, 6.07) is 14.7. The molecule has 0 unspecified atom stereocenters. The fourth-order valence-corrected chi connectivity index (χ4v) is 2.12. The molecule has 0 spiro atoms. The topological polar surface area (TPSA) is 35.2 Å². The van der Waals surface area contributed by atoms with E-state index in [1.807, 2.05) is 12.1 Å². The summed E-state index contributed by atoms with van der Waals surface area (Å²) in [5.41, 5.74) is 10.7. The Morgan fingerprint density at radius 1 is 1.11 bits per heavy atom. The van der Waals surface area contributed by atoms with E-state index in [9.17, 15) is 0 Å². The largest absolute Gasteiger partial charge is 0.497 e. The second-order valence-electron chi connectivity index (χ2n) is 4.43. The molecule has 2 nitrogen and oxygen atoms in total. The molecule has 0 aliphatic carbocycles. The normalized spacial score (nSPS) is 10.4. The molecule has 0 fully saturated rings. The summed E-state index contributed by atoms with van der Waals surface area (Å²) in [6.07, 6.45) is 0.896. The molecule has 0 atom stereocenters. The van der Waals surface area contributed by atoms with Crippen molar-refractivity contribution < 1.29 is 4.74 Å². The van der Waals surface area contributed by atoms with Crippen LogP contribution in [0.4, 0.5) is 0 Å². The van der Waals surface area contributed by atoms with Gasteiger partial charge in [0, 0.05) is 0 Å². The Kier molecular flexibility index (Phi) is 4.00. The summed E-state index contributed by atoms with van der Waals surface area (Å²) in [4.78, 5) is 0. The van der Waals surface area contributed by atoms with E-state index in [-0.39, 0.29) is 0 Å². The number of ether oxygens (including phenoxy) is 1. The lowest BCUT2D eigenvalue weighted by molar-refractivity contribution is 0.415. The van der Waals surface area contributed by atoms with Crippen LogP contribution in [0.25, 0.3) is 11.1 Å². The Morgan fingerprint density at radius 2 is 1.94 bits per heavy atom. The van der Waals surface area contributed by atoms with Gasteiger partial charge >= 0.3 is 0 Å². The van der Waals surface area contributed by atoms with E-state index in [0.717, 1.165) is 12.2 Å². The maximum absolute atomic E-state index is 5.68. The molecule has 0 aliphatic heterocycles. The number of rotatable bonds is 4. The molecule has 2 N–H and O–H groups in total. The van der Waals surface area contributed by atoms with Crippen molar-refractivity contribution in [2.75, 3.05) is 13.7 Å². The van der Waals surface area contributed by atoms with Crippen molar-refractivity contribution in [3.05, 3.63) is 53.6 Å². The number of nitrogens with two attached hydrogens (primary N) is 1. The van der Waals surface area contributed by atoms with E-state index in [0.29, 0.717) is 6.54 Å². The predicted molar refractivity (Wildman–Crippen MR) is 75.9 cm³/mol. The van der Waals surface area contributed by atoms with Gasteiger partial charge < -0.3 is 10.5 Å². The highest BCUT2D eigenvalue weighted by Gasteiger charge is 2.06. The van der Waals surface area contributed by atoms with Crippen LogP contribution in [0.15, 0.2) is 42.5 Å². The first-order valence-corrected chi connectivity index (χ1v) is 6.18. The van der Waals surface area contributed by atoms with E-state index in [1.54, 1.807) is 7.11 Å². The van der Waals surface area contributed by atoms with E-state index < -0.39 is 0 Å². The first-order valence-electron chi connectivity index (χ1n) is 6.18. The molecule has 18 heavy (non-hydrogen) atoms. The van der Waals surface area contributed by atoms with Gasteiger partial charge in [-0.3, -0.25) is 0 Å². The second kappa shape index (κ2) is 5.69. The first-order chi connectivity index (χ1) is 8.74. The molecule has 2 aromatic rings. The predicted octanol–water partition coefficient (Wildman–Crippen LogP) is 3.17. The van der Waals surface area contributed by atoms with Gasteiger partial charge in [-0.1, -0.05) is 35.9 Å². The molecule has 0 saturated heterocycles. The minimum absolute atomic E-state index is 0.667. The summed E-state index contributed by atoms with van der Waals surface area (Å²) in [5, 5.41) is 0. The van der Waals surface area contributed by atoms with Crippen molar-refractivity contribution in [3.8, 4) is 16.9 Å². The summed E-state index contributed by atoms with van der Waals surface area (Å²) in [5.74, 6) is 0.882. The van der Waals surface area contributed by atoms with Crippen LogP contribution in [-0.4, -0.2) is 13.7 Å². The molecule has 94 valence electrons. The molecule has 2 rings (SSSR count). The molecular weight excluding hydrogens is 222 g/mol. The van der Waals surface area contributed by atoms with Gasteiger partial charge in [-0.15, -0.1) is 0 Å². The molecule has 0 aromatic heterocycles. The third kappa shape index (κ3) is 2.71. The highest BCUT2D eigenvalue weighted by Crippen LogP contribution is 2.28. The molecule has 0 amide bonds. The van der Waals surface area contributed by atoms with Gasteiger partial charge in [-0.2, -0.15) is 0 Å². The third-order valence-corrected chi connectivity index (χ3v) is 3.06. The van der Waals surface area contributed by atoms with E-state index >= 15 is 0 Å². The lowest BCUT2D eigenvalue weighted by atomic mass is 9.95. The Hall–Kier alpha value is -1.80. The van der Waals surface area contributed by atoms with Crippen LogP contribution in [0.3, 0.4) is 0 Å². The number of hydrogen-bond donors (Lipinski definition) is 1. The van der Waals surface area contributed by atoms with Gasteiger partial charge in [0.2, 0.25) is 0 Å². The summed E-state index contributed by atoms with van der Waals surface area (Å²) in [7, 11) is 1.69. The van der Waals surface area contributed by atoms with Gasteiger partial charge in [0.05, 0.1) is 7.11 Å². The lowest BCUT2D eigenvalue weighted by Crippen LogP contribution is -2.04. The van der Waals surface area contributed by atoms with Crippen molar-refractivity contribution >= 4 is 0 Å². The number of hydrogen-bond acceptors (Lipinski definition) is 2. The van der Waals surface area contributed by atoms with Gasteiger partial charge in [0.1, 0.15) is 5.75 Å². The smallest absolute Gasteiger partial charge is 0.119 e. The Bertz CT molecular complexity index is 534. The number of benzene rings is 2. The van der Waals surface area contributed by atoms with Crippen LogP contribution in [0.1, 0.15) is 11.1 Å². The lowest BCUT2D eigenvalue weighted by Gasteiger charge is -2.11. The molecule has 2 heteroatoms.